The van der Waals surface area contributed by atoms with Gasteiger partial charge in [-0.3, -0.25) is 15.2 Å². The maximum absolute atomic E-state index is 11.9. The molecule has 0 unspecified atom stereocenters. The SMILES string of the molecule is CC(=O)N1CC/C(=N/NC(=S)N2CCN(c3cccc(C)c3)CC2)c2ncccc21. The number of rotatable bonds is 2. The summed E-state index contributed by atoms with van der Waals surface area (Å²) in [6, 6.07) is 12.3. The Bertz CT molecular complexity index is 983. The maximum atomic E-state index is 11.9. The minimum absolute atomic E-state index is 0.0123. The molecule has 0 bridgehead atoms. The second-order valence-corrected chi connectivity index (χ2v) is 7.97. The molecule has 7 nitrogen and oxygen atoms in total. The number of nitrogens with one attached hydrogen (secondary N) is 1. The van der Waals surface area contributed by atoms with Crippen molar-refractivity contribution in [2.45, 2.75) is 20.3 Å². The number of hydrazone groups is 1. The van der Waals surface area contributed by atoms with Crippen molar-refractivity contribution >= 4 is 40.3 Å². The van der Waals surface area contributed by atoms with Gasteiger partial charge in [0.2, 0.25) is 5.91 Å². The van der Waals surface area contributed by atoms with Crippen molar-refractivity contribution < 1.29 is 4.79 Å². The fourth-order valence-electron chi connectivity index (χ4n) is 3.91. The average molecular weight is 423 g/mol. The summed E-state index contributed by atoms with van der Waals surface area (Å²) in [5, 5.41) is 5.17. The molecule has 156 valence electrons. The molecule has 1 N–H and O–H groups in total. The Labute approximate surface area is 182 Å². The van der Waals surface area contributed by atoms with E-state index in [0.717, 1.165) is 43.3 Å². The number of aryl methyl sites for hydroxylation is 1. The molecule has 0 radical (unpaired) electrons. The molecule has 2 aliphatic heterocycles. The number of amides is 1. The van der Waals surface area contributed by atoms with Gasteiger partial charge in [0.25, 0.3) is 0 Å². The van der Waals surface area contributed by atoms with Crippen LogP contribution in [0.15, 0.2) is 47.7 Å². The van der Waals surface area contributed by atoms with Crippen LogP contribution in [0.1, 0.15) is 24.6 Å². The van der Waals surface area contributed by atoms with E-state index < -0.39 is 0 Å². The normalized spacial score (nSPS) is 17.7. The molecule has 4 rings (SSSR count). The topological polar surface area (TPSA) is 64.1 Å². The first-order chi connectivity index (χ1) is 14.5. The standard InChI is InChI=1S/C22H26N6OS/c1-16-5-3-6-18(15-16)26-11-13-27(14-12-26)22(30)25-24-19-8-10-28(17(2)29)20-7-4-9-23-21(19)20/h3-7,9,15H,8,10-14H2,1-2H3,(H,25,30)/b24-19-. The highest BCUT2D eigenvalue weighted by Gasteiger charge is 2.25. The number of anilines is 2. The zero-order valence-corrected chi connectivity index (χ0v) is 18.2. The lowest BCUT2D eigenvalue weighted by molar-refractivity contribution is -0.116. The zero-order valence-electron chi connectivity index (χ0n) is 17.3. The van der Waals surface area contributed by atoms with E-state index in [0.29, 0.717) is 18.1 Å². The number of carbonyl (C=O) groups excluding carboxylic acids is 1. The molecular formula is C22H26N6OS. The molecule has 0 spiro atoms. The van der Waals surface area contributed by atoms with E-state index in [-0.39, 0.29) is 5.91 Å². The molecule has 1 amide bonds. The van der Waals surface area contributed by atoms with Crippen LogP contribution >= 0.6 is 12.2 Å². The van der Waals surface area contributed by atoms with Gasteiger partial charge in [0.1, 0.15) is 5.69 Å². The lowest BCUT2D eigenvalue weighted by Gasteiger charge is -2.37. The predicted molar refractivity (Wildman–Crippen MR) is 124 cm³/mol. The fraction of sp³-hybridized carbons (Fsp3) is 0.364. The predicted octanol–water partition coefficient (Wildman–Crippen LogP) is 2.55. The van der Waals surface area contributed by atoms with Crippen molar-refractivity contribution in [1.82, 2.24) is 15.3 Å². The molecule has 30 heavy (non-hydrogen) atoms. The van der Waals surface area contributed by atoms with Crippen LogP contribution in [0.4, 0.5) is 11.4 Å². The number of nitrogens with zero attached hydrogens (tertiary/aromatic N) is 5. The summed E-state index contributed by atoms with van der Waals surface area (Å²) >= 11 is 5.59. The minimum atomic E-state index is 0.0123. The number of carbonyl (C=O) groups is 1. The summed E-state index contributed by atoms with van der Waals surface area (Å²) in [7, 11) is 0. The number of piperazine rings is 1. The van der Waals surface area contributed by atoms with E-state index in [2.05, 4.69) is 56.5 Å². The van der Waals surface area contributed by atoms with E-state index in [1.807, 2.05) is 12.1 Å². The van der Waals surface area contributed by atoms with Crippen LogP contribution in [-0.2, 0) is 4.79 Å². The second kappa shape index (κ2) is 8.79. The fourth-order valence-corrected chi connectivity index (χ4v) is 4.14. The molecule has 1 saturated heterocycles. The van der Waals surface area contributed by atoms with Gasteiger partial charge in [-0.25, -0.2) is 0 Å². The maximum Gasteiger partial charge on any atom is 0.223 e. The molecule has 0 aliphatic carbocycles. The van der Waals surface area contributed by atoms with Crippen LogP contribution in [0.3, 0.4) is 0 Å². The van der Waals surface area contributed by atoms with Gasteiger partial charge in [-0.05, 0) is 49.0 Å². The summed E-state index contributed by atoms with van der Waals surface area (Å²) < 4.78 is 0. The third-order valence-corrected chi connectivity index (χ3v) is 5.87. The Morgan fingerprint density at radius 3 is 2.67 bits per heavy atom. The highest BCUT2D eigenvalue weighted by molar-refractivity contribution is 7.80. The van der Waals surface area contributed by atoms with Crippen LogP contribution in [0.5, 0.6) is 0 Å². The van der Waals surface area contributed by atoms with Crippen LogP contribution in [0.25, 0.3) is 0 Å². The van der Waals surface area contributed by atoms with Crippen molar-refractivity contribution in [2.24, 2.45) is 5.10 Å². The quantitative estimate of drug-likeness (QED) is 0.593. The summed E-state index contributed by atoms with van der Waals surface area (Å²) in [6.45, 7) is 7.81. The largest absolute Gasteiger partial charge is 0.368 e. The van der Waals surface area contributed by atoms with E-state index in [9.17, 15) is 4.79 Å². The van der Waals surface area contributed by atoms with Gasteiger partial charge in [0, 0.05) is 58.0 Å². The third kappa shape index (κ3) is 4.28. The Hall–Kier alpha value is -3.00. The van der Waals surface area contributed by atoms with E-state index in [1.165, 1.54) is 11.3 Å². The highest BCUT2D eigenvalue weighted by atomic mass is 32.1. The second-order valence-electron chi connectivity index (χ2n) is 7.58. The Morgan fingerprint density at radius 2 is 1.93 bits per heavy atom. The monoisotopic (exact) mass is 422 g/mol. The molecule has 0 atom stereocenters. The first kappa shape index (κ1) is 20.3. The first-order valence-corrected chi connectivity index (χ1v) is 10.6. The van der Waals surface area contributed by atoms with E-state index >= 15 is 0 Å². The van der Waals surface area contributed by atoms with Crippen molar-refractivity contribution in [3.05, 3.63) is 53.9 Å². The average Bonchev–Trinajstić information content (AvgIpc) is 2.77. The summed E-state index contributed by atoms with van der Waals surface area (Å²) in [5.74, 6) is 0.0123. The first-order valence-electron chi connectivity index (χ1n) is 10.2. The molecule has 0 saturated carbocycles. The Kier molecular flexibility index (Phi) is 5.94. The van der Waals surface area contributed by atoms with Gasteiger partial charge in [0.05, 0.1) is 11.4 Å². The van der Waals surface area contributed by atoms with Crippen LogP contribution in [-0.4, -0.2) is 59.3 Å². The lowest BCUT2D eigenvalue weighted by Crippen LogP contribution is -2.51. The molecule has 3 heterocycles. The third-order valence-electron chi connectivity index (χ3n) is 5.52. The summed E-state index contributed by atoms with van der Waals surface area (Å²) in [4.78, 5) is 22.6. The number of hydrogen-bond acceptors (Lipinski definition) is 5. The molecule has 1 aromatic heterocycles. The van der Waals surface area contributed by atoms with Crippen molar-refractivity contribution in [3.8, 4) is 0 Å². The van der Waals surface area contributed by atoms with Gasteiger partial charge in [0.15, 0.2) is 5.11 Å². The van der Waals surface area contributed by atoms with Gasteiger partial charge >= 0.3 is 0 Å². The lowest BCUT2D eigenvalue weighted by atomic mass is 10.1. The zero-order chi connectivity index (χ0) is 21.1. The van der Waals surface area contributed by atoms with Crippen molar-refractivity contribution in [1.29, 1.82) is 0 Å². The Balaban J connectivity index is 1.39. The van der Waals surface area contributed by atoms with Crippen molar-refractivity contribution in [2.75, 3.05) is 42.5 Å². The molecule has 1 fully saturated rings. The molecular weight excluding hydrogens is 396 g/mol. The number of thiocarbonyl (C=S) groups is 1. The van der Waals surface area contributed by atoms with Crippen molar-refractivity contribution in [3.63, 3.8) is 0 Å². The highest BCUT2D eigenvalue weighted by Crippen LogP contribution is 2.25. The number of pyridine rings is 1. The van der Waals surface area contributed by atoms with Gasteiger partial charge in [-0.2, -0.15) is 5.10 Å². The molecule has 1 aromatic carbocycles. The van der Waals surface area contributed by atoms with Gasteiger partial charge < -0.3 is 14.7 Å². The van der Waals surface area contributed by atoms with Gasteiger partial charge in [-0.15, -0.1) is 0 Å². The smallest absolute Gasteiger partial charge is 0.223 e. The number of aromatic nitrogens is 1. The number of fused-ring (bicyclic) bond motifs is 1. The summed E-state index contributed by atoms with van der Waals surface area (Å²) in [5.41, 5.74) is 7.94. The summed E-state index contributed by atoms with van der Waals surface area (Å²) in [6.07, 6.45) is 2.36. The Morgan fingerprint density at radius 1 is 1.13 bits per heavy atom. The molecule has 2 aromatic rings. The van der Waals surface area contributed by atoms with Crippen LogP contribution in [0.2, 0.25) is 0 Å². The van der Waals surface area contributed by atoms with Crippen LogP contribution < -0.4 is 15.2 Å². The molecule has 2 aliphatic rings. The van der Waals surface area contributed by atoms with E-state index in [4.69, 9.17) is 12.2 Å². The molecule has 8 heteroatoms. The number of hydrogen-bond donors (Lipinski definition) is 1. The van der Waals surface area contributed by atoms with Crippen LogP contribution in [0, 0.1) is 6.92 Å². The number of benzene rings is 1. The van der Waals surface area contributed by atoms with Gasteiger partial charge in [-0.1, -0.05) is 12.1 Å². The minimum Gasteiger partial charge on any atom is -0.368 e. The van der Waals surface area contributed by atoms with E-state index in [1.54, 1.807) is 18.0 Å².